The number of nitrogens with one attached hydrogen (secondary N) is 2. The highest BCUT2D eigenvalue weighted by Crippen LogP contribution is 2.25. The van der Waals surface area contributed by atoms with Gasteiger partial charge in [-0.2, -0.15) is 0 Å². The van der Waals surface area contributed by atoms with Gasteiger partial charge in [0.1, 0.15) is 19.0 Å². The zero-order valence-corrected chi connectivity index (χ0v) is 18.3. The molecule has 0 fully saturated rings. The van der Waals surface area contributed by atoms with Crippen molar-refractivity contribution in [1.82, 2.24) is 10.3 Å². The van der Waals surface area contributed by atoms with Crippen molar-refractivity contribution in [2.75, 3.05) is 59.9 Å². The average Bonchev–Trinajstić information content (AvgIpc) is 3.30. The zero-order chi connectivity index (χ0) is 22.4. The predicted octanol–water partition coefficient (Wildman–Crippen LogP) is 3.62. The van der Waals surface area contributed by atoms with Crippen LogP contribution in [0, 0.1) is 0 Å². The van der Waals surface area contributed by atoms with Crippen LogP contribution in [0.2, 0.25) is 0 Å². The molecule has 0 aliphatic heterocycles. The Bertz CT molecular complexity index is 941. The second kappa shape index (κ2) is 13.4. The van der Waals surface area contributed by atoms with Crippen LogP contribution in [-0.2, 0) is 18.9 Å². The van der Waals surface area contributed by atoms with Gasteiger partial charge in [0.25, 0.3) is 0 Å². The Labute approximate surface area is 187 Å². The van der Waals surface area contributed by atoms with Crippen molar-refractivity contribution in [3.8, 4) is 16.9 Å². The third kappa shape index (κ3) is 7.88. The first kappa shape index (κ1) is 23.6. The van der Waals surface area contributed by atoms with E-state index in [1.165, 1.54) is 18.0 Å². The summed E-state index contributed by atoms with van der Waals surface area (Å²) in [5.41, 5.74) is 3.46. The normalized spacial score (nSPS) is 10.9. The minimum absolute atomic E-state index is 0.217. The summed E-state index contributed by atoms with van der Waals surface area (Å²) in [6.07, 6.45) is 1.48. The van der Waals surface area contributed by atoms with Gasteiger partial charge < -0.3 is 34.0 Å². The number of benzene rings is 2. The molecule has 3 rings (SSSR count). The number of amides is 1. The van der Waals surface area contributed by atoms with E-state index >= 15 is 0 Å². The summed E-state index contributed by atoms with van der Waals surface area (Å²) in [6, 6.07) is 16.5. The molecule has 0 aliphatic rings. The molecular weight excluding hydrogens is 412 g/mol. The summed E-state index contributed by atoms with van der Waals surface area (Å²) in [6.45, 7) is 3.40. The highest BCUT2D eigenvalue weighted by molar-refractivity contribution is 5.85. The van der Waals surface area contributed by atoms with Gasteiger partial charge >= 0.3 is 6.09 Å². The van der Waals surface area contributed by atoms with Gasteiger partial charge in [-0.05, 0) is 46.8 Å². The van der Waals surface area contributed by atoms with Crippen molar-refractivity contribution in [2.45, 2.75) is 0 Å². The number of aromatic nitrogens is 1. The molecule has 0 bridgehead atoms. The smallest absolute Gasteiger partial charge is 0.406 e. The van der Waals surface area contributed by atoms with E-state index in [-0.39, 0.29) is 6.61 Å². The largest absolute Gasteiger partial charge is 0.491 e. The molecule has 0 saturated heterocycles. The van der Waals surface area contributed by atoms with E-state index in [2.05, 4.69) is 46.7 Å². The van der Waals surface area contributed by atoms with Crippen molar-refractivity contribution in [3.05, 3.63) is 54.7 Å². The summed E-state index contributed by atoms with van der Waals surface area (Å²) in [4.78, 5) is 14.0. The van der Waals surface area contributed by atoms with Crippen LogP contribution >= 0.6 is 0 Å². The molecule has 2 aromatic carbocycles. The van der Waals surface area contributed by atoms with E-state index in [1.807, 2.05) is 18.3 Å². The molecule has 172 valence electrons. The van der Waals surface area contributed by atoms with Crippen molar-refractivity contribution in [2.24, 2.45) is 0 Å². The SMILES string of the molecule is CNC(=O)OCCOCCOCCOCCOc1ccc(-c2ccc3[nH]ccc3c2)cc1. The fraction of sp³-hybridized carbons (Fsp3) is 0.375. The van der Waals surface area contributed by atoms with Gasteiger partial charge in [0.15, 0.2) is 0 Å². The number of hydrogen-bond acceptors (Lipinski definition) is 6. The molecule has 32 heavy (non-hydrogen) atoms. The minimum Gasteiger partial charge on any atom is -0.491 e. The number of carbonyl (C=O) groups excluding carboxylic acids is 1. The Kier molecular flexibility index (Phi) is 9.85. The molecule has 0 aliphatic carbocycles. The van der Waals surface area contributed by atoms with Crippen molar-refractivity contribution < 1.29 is 28.5 Å². The number of alkyl carbamates (subject to hydrolysis) is 1. The van der Waals surface area contributed by atoms with Crippen molar-refractivity contribution in [1.29, 1.82) is 0 Å². The van der Waals surface area contributed by atoms with Gasteiger partial charge in [0.2, 0.25) is 0 Å². The van der Waals surface area contributed by atoms with E-state index in [0.717, 1.165) is 16.8 Å². The van der Waals surface area contributed by atoms with Gasteiger partial charge in [-0.1, -0.05) is 18.2 Å². The fourth-order valence-corrected chi connectivity index (χ4v) is 3.00. The average molecular weight is 443 g/mol. The molecule has 0 saturated carbocycles. The number of aromatic amines is 1. The van der Waals surface area contributed by atoms with Crippen LogP contribution in [0.15, 0.2) is 54.7 Å². The van der Waals surface area contributed by atoms with Crippen LogP contribution in [0.25, 0.3) is 22.0 Å². The number of hydrogen-bond donors (Lipinski definition) is 2. The van der Waals surface area contributed by atoms with Crippen LogP contribution in [0.3, 0.4) is 0 Å². The van der Waals surface area contributed by atoms with Gasteiger partial charge in [-0.25, -0.2) is 4.79 Å². The molecule has 0 spiro atoms. The van der Waals surface area contributed by atoms with Crippen LogP contribution in [0.4, 0.5) is 4.79 Å². The molecule has 0 unspecified atom stereocenters. The molecule has 8 nitrogen and oxygen atoms in total. The molecular formula is C24H30N2O6. The Hall–Kier alpha value is -3.07. The number of rotatable bonds is 14. The first-order valence-electron chi connectivity index (χ1n) is 10.6. The van der Waals surface area contributed by atoms with Gasteiger partial charge in [-0.15, -0.1) is 0 Å². The lowest BCUT2D eigenvalue weighted by Crippen LogP contribution is -2.21. The molecule has 8 heteroatoms. The van der Waals surface area contributed by atoms with Crippen molar-refractivity contribution in [3.63, 3.8) is 0 Å². The number of carbonyl (C=O) groups is 1. The topological polar surface area (TPSA) is 91.0 Å². The Morgan fingerprint density at radius 3 is 2.09 bits per heavy atom. The second-order valence-electron chi connectivity index (χ2n) is 6.88. The highest BCUT2D eigenvalue weighted by Gasteiger charge is 2.02. The number of H-pyrrole nitrogens is 1. The van der Waals surface area contributed by atoms with Crippen LogP contribution in [0.1, 0.15) is 0 Å². The third-order valence-corrected chi connectivity index (χ3v) is 4.65. The van der Waals surface area contributed by atoms with E-state index in [1.54, 1.807) is 0 Å². The van der Waals surface area contributed by atoms with Gasteiger partial charge in [-0.3, -0.25) is 0 Å². The van der Waals surface area contributed by atoms with E-state index in [4.69, 9.17) is 23.7 Å². The summed E-state index contributed by atoms with van der Waals surface area (Å²) < 4.78 is 26.7. The standard InChI is InChI=1S/C24H30N2O6/c1-25-24(27)32-17-15-30-13-11-28-10-12-29-14-16-31-22-5-2-19(3-6-22)20-4-7-23-21(18-20)8-9-26-23/h2-9,18,26H,10-17H2,1H3,(H,25,27). The molecule has 1 heterocycles. The lowest BCUT2D eigenvalue weighted by atomic mass is 10.0. The van der Waals surface area contributed by atoms with Crippen LogP contribution < -0.4 is 10.1 Å². The summed E-state index contributed by atoms with van der Waals surface area (Å²) >= 11 is 0. The summed E-state index contributed by atoms with van der Waals surface area (Å²) in [7, 11) is 1.51. The molecule has 0 atom stereocenters. The van der Waals surface area contributed by atoms with E-state index in [0.29, 0.717) is 46.2 Å². The molecule has 2 N–H and O–H groups in total. The predicted molar refractivity (Wildman–Crippen MR) is 122 cm³/mol. The monoisotopic (exact) mass is 442 g/mol. The fourth-order valence-electron chi connectivity index (χ4n) is 3.00. The summed E-state index contributed by atoms with van der Waals surface area (Å²) in [5, 5.41) is 3.56. The first-order valence-corrected chi connectivity index (χ1v) is 10.6. The maximum Gasteiger partial charge on any atom is 0.406 e. The Morgan fingerprint density at radius 2 is 1.41 bits per heavy atom. The maximum absolute atomic E-state index is 10.8. The molecule has 1 aromatic heterocycles. The summed E-state index contributed by atoms with van der Waals surface area (Å²) in [5.74, 6) is 0.814. The van der Waals surface area contributed by atoms with Gasteiger partial charge in [0.05, 0.1) is 39.6 Å². The maximum atomic E-state index is 10.8. The Balaban J connectivity index is 1.20. The molecule has 1 amide bonds. The van der Waals surface area contributed by atoms with E-state index in [9.17, 15) is 4.79 Å². The highest BCUT2D eigenvalue weighted by atomic mass is 16.6. The van der Waals surface area contributed by atoms with Gasteiger partial charge in [0, 0.05) is 18.8 Å². The second-order valence-corrected chi connectivity index (χ2v) is 6.88. The third-order valence-electron chi connectivity index (χ3n) is 4.65. The van der Waals surface area contributed by atoms with E-state index < -0.39 is 6.09 Å². The minimum atomic E-state index is -0.464. The quantitative estimate of drug-likeness (QED) is 0.371. The Morgan fingerprint density at radius 1 is 0.781 bits per heavy atom. The van der Waals surface area contributed by atoms with Crippen LogP contribution in [0.5, 0.6) is 5.75 Å². The lowest BCUT2D eigenvalue weighted by Gasteiger charge is -2.09. The lowest BCUT2D eigenvalue weighted by molar-refractivity contribution is 0.00204. The molecule has 0 radical (unpaired) electrons. The van der Waals surface area contributed by atoms with Crippen molar-refractivity contribution >= 4 is 17.0 Å². The number of fused-ring (bicyclic) bond motifs is 1. The van der Waals surface area contributed by atoms with Crippen LogP contribution in [-0.4, -0.2) is 71.0 Å². The molecule has 3 aromatic rings. The first-order chi connectivity index (χ1) is 15.8. The zero-order valence-electron chi connectivity index (χ0n) is 18.3. The number of ether oxygens (including phenoxy) is 5.